The summed E-state index contributed by atoms with van der Waals surface area (Å²) in [7, 11) is 0. The van der Waals surface area contributed by atoms with E-state index < -0.39 is 10.7 Å². The second kappa shape index (κ2) is 5.79. The zero-order chi connectivity index (χ0) is 14.7. The van der Waals surface area contributed by atoms with Crippen molar-refractivity contribution >= 4 is 27.9 Å². The molecule has 0 atom stereocenters. The van der Waals surface area contributed by atoms with E-state index in [0.29, 0.717) is 10.8 Å². The largest absolute Gasteiger partial charge is 0.449 e. The summed E-state index contributed by atoms with van der Waals surface area (Å²) in [5.41, 5.74) is -0.215. The van der Waals surface area contributed by atoms with Crippen LogP contribution in [0.1, 0.15) is 10.4 Å². The third-order valence-corrected chi connectivity index (χ3v) is 3.08. The van der Waals surface area contributed by atoms with Crippen molar-refractivity contribution in [2.45, 2.75) is 0 Å². The van der Waals surface area contributed by atoms with Gasteiger partial charge >= 0.3 is 5.69 Å². The smallest absolute Gasteiger partial charge is 0.312 e. The van der Waals surface area contributed by atoms with Crippen LogP contribution in [0.25, 0.3) is 0 Å². The maximum absolute atomic E-state index is 13.1. The number of rotatable bonds is 4. The number of nitro benzene ring substituents is 1. The molecule has 7 heteroatoms. The van der Waals surface area contributed by atoms with E-state index in [0.717, 1.165) is 12.1 Å². The Bertz CT molecular complexity index is 690. The Morgan fingerprint density at radius 3 is 2.60 bits per heavy atom. The molecule has 0 spiro atoms. The maximum Gasteiger partial charge on any atom is 0.312 e. The standard InChI is InChI=1S/C13H7BrFNO4/c14-10-3-2-9(15)6-13(10)20-12-4-1-8(7-17)5-11(12)16(18)19/h1-7H. The van der Waals surface area contributed by atoms with Gasteiger partial charge in [-0.25, -0.2) is 4.39 Å². The summed E-state index contributed by atoms with van der Waals surface area (Å²) in [6.45, 7) is 0. The molecule has 0 radical (unpaired) electrons. The average Bonchev–Trinajstić information content (AvgIpc) is 2.43. The number of ether oxygens (including phenoxy) is 1. The molecule has 0 aliphatic carbocycles. The Morgan fingerprint density at radius 2 is 1.95 bits per heavy atom. The van der Waals surface area contributed by atoms with Crippen LogP contribution in [-0.2, 0) is 0 Å². The van der Waals surface area contributed by atoms with E-state index >= 15 is 0 Å². The van der Waals surface area contributed by atoms with Gasteiger partial charge < -0.3 is 4.74 Å². The number of nitro groups is 1. The predicted molar refractivity (Wildman–Crippen MR) is 72.7 cm³/mol. The summed E-state index contributed by atoms with van der Waals surface area (Å²) in [6, 6.07) is 7.51. The summed E-state index contributed by atoms with van der Waals surface area (Å²) in [5.74, 6) is -0.505. The summed E-state index contributed by atoms with van der Waals surface area (Å²) in [5, 5.41) is 11.0. The van der Waals surface area contributed by atoms with Gasteiger partial charge in [-0.05, 0) is 40.2 Å². The van der Waals surface area contributed by atoms with Gasteiger partial charge in [-0.3, -0.25) is 14.9 Å². The van der Waals surface area contributed by atoms with E-state index in [9.17, 15) is 19.3 Å². The Labute approximate surface area is 121 Å². The molecular formula is C13H7BrFNO4. The molecule has 0 aliphatic heterocycles. The lowest BCUT2D eigenvalue weighted by Crippen LogP contribution is -1.95. The zero-order valence-electron chi connectivity index (χ0n) is 9.88. The monoisotopic (exact) mass is 339 g/mol. The Kier molecular flexibility index (Phi) is 4.09. The molecule has 0 heterocycles. The van der Waals surface area contributed by atoms with E-state index in [-0.39, 0.29) is 22.7 Å². The van der Waals surface area contributed by atoms with Crippen LogP contribution in [0.2, 0.25) is 0 Å². The van der Waals surface area contributed by atoms with E-state index in [1.165, 1.54) is 24.3 Å². The zero-order valence-corrected chi connectivity index (χ0v) is 11.5. The second-order valence-corrected chi connectivity index (χ2v) is 4.63. The van der Waals surface area contributed by atoms with Gasteiger partial charge in [0.1, 0.15) is 17.9 Å². The van der Waals surface area contributed by atoms with Gasteiger partial charge in [0.15, 0.2) is 0 Å². The molecule has 2 aromatic carbocycles. The summed E-state index contributed by atoms with van der Waals surface area (Å²) in [4.78, 5) is 20.9. The average molecular weight is 340 g/mol. The lowest BCUT2D eigenvalue weighted by atomic mass is 10.2. The number of hydrogen-bond donors (Lipinski definition) is 0. The maximum atomic E-state index is 13.1. The fourth-order valence-corrected chi connectivity index (χ4v) is 1.84. The minimum absolute atomic E-state index is 0.0769. The highest BCUT2D eigenvalue weighted by Gasteiger charge is 2.17. The van der Waals surface area contributed by atoms with Gasteiger partial charge in [0.2, 0.25) is 5.75 Å². The highest BCUT2D eigenvalue weighted by atomic mass is 79.9. The molecule has 0 aliphatic rings. The Hall–Kier alpha value is -2.28. The van der Waals surface area contributed by atoms with E-state index in [4.69, 9.17) is 4.74 Å². The van der Waals surface area contributed by atoms with Gasteiger partial charge in [0.05, 0.1) is 9.40 Å². The number of benzene rings is 2. The van der Waals surface area contributed by atoms with Crippen LogP contribution in [0.15, 0.2) is 40.9 Å². The molecule has 2 aromatic rings. The molecule has 20 heavy (non-hydrogen) atoms. The second-order valence-electron chi connectivity index (χ2n) is 3.78. The first kappa shape index (κ1) is 14.1. The summed E-state index contributed by atoms with van der Waals surface area (Å²) >= 11 is 3.16. The minimum atomic E-state index is -0.671. The van der Waals surface area contributed by atoms with Crippen molar-refractivity contribution in [3.8, 4) is 11.5 Å². The SMILES string of the molecule is O=Cc1ccc(Oc2cc(F)ccc2Br)c([N+](=O)[O-])c1. The predicted octanol–water partition coefficient (Wildman–Crippen LogP) is 4.10. The van der Waals surface area contributed by atoms with Crippen LogP contribution in [0, 0.1) is 15.9 Å². The van der Waals surface area contributed by atoms with Gasteiger partial charge in [0.25, 0.3) is 0 Å². The van der Waals surface area contributed by atoms with Crippen LogP contribution in [0.5, 0.6) is 11.5 Å². The molecule has 0 saturated heterocycles. The molecule has 102 valence electrons. The number of hydrogen-bond acceptors (Lipinski definition) is 4. The van der Waals surface area contributed by atoms with Gasteiger partial charge in [-0.15, -0.1) is 0 Å². The number of nitrogens with zero attached hydrogens (tertiary/aromatic N) is 1. The van der Waals surface area contributed by atoms with Crippen molar-refractivity contribution in [1.29, 1.82) is 0 Å². The first-order valence-electron chi connectivity index (χ1n) is 5.38. The van der Waals surface area contributed by atoms with Crippen molar-refractivity contribution in [3.63, 3.8) is 0 Å². The van der Waals surface area contributed by atoms with Gasteiger partial charge in [-0.2, -0.15) is 0 Å². The third-order valence-electron chi connectivity index (χ3n) is 2.43. The van der Waals surface area contributed by atoms with Gasteiger partial charge in [-0.1, -0.05) is 0 Å². The molecular weight excluding hydrogens is 333 g/mol. The Balaban J connectivity index is 2.45. The Morgan fingerprint density at radius 1 is 1.20 bits per heavy atom. The highest BCUT2D eigenvalue weighted by molar-refractivity contribution is 9.10. The van der Waals surface area contributed by atoms with Crippen molar-refractivity contribution in [3.05, 3.63) is 62.4 Å². The summed E-state index contributed by atoms with van der Waals surface area (Å²) < 4.78 is 18.9. The first-order chi connectivity index (χ1) is 9.51. The van der Waals surface area contributed by atoms with Crippen LogP contribution < -0.4 is 4.74 Å². The van der Waals surface area contributed by atoms with Crippen molar-refractivity contribution in [2.24, 2.45) is 0 Å². The molecule has 0 fully saturated rings. The molecule has 0 saturated carbocycles. The quantitative estimate of drug-likeness (QED) is 0.477. The topological polar surface area (TPSA) is 69.4 Å². The fraction of sp³-hybridized carbons (Fsp3) is 0. The third kappa shape index (κ3) is 3.00. The highest BCUT2D eigenvalue weighted by Crippen LogP contribution is 2.35. The van der Waals surface area contributed by atoms with E-state index in [2.05, 4.69) is 15.9 Å². The number of carbonyl (C=O) groups excluding carboxylic acids is 1. The van der Waals surface area contributed by atoms with Crippen LogP contribution in [0.4, 0.5) is 10.1 Å². The first-order valence-corrected chi connectivity index (χ1v) is 6.17. The van der Waals surface area contributed by atoms with E-state index in [1.54, 1.807) is 0 Å². The fourth-order valence-electron chi connectivity index (χ4n) is 1.51. The number of aldehydes is 1. The van der Waals surface area contributed by atoms with Crippen LogP contribution >= 0.6 is 15.9 Å². The molecule has 0 N–H and O–H groups in total. The number of carbonyl (C=O) groups is 1. The van der Waals surface area contributed by atoms with Crippen LogP contribution in [-0.4, -0.2) is 11.2 Å². The van der Waals surface area contributed by atoms with Crippen molar-refractivity contribution < 1.29 is 18.8 Å². The van der Waals surface area contributed by atoms with Crippen molar-refractivity contribution in [2.75, 3.05) is 0 Å². The molecule has 0 aromatic heterocycles. The van der Waals surface area contributed by atoms with Crippen LogP contribution in [0.3, 0.4) is 0 Å². The summed E-state index contributed by atoms with van der Waals surface area (Å²) in [6.07, 6.45) is 0.495. The molecule has 0 unspecified atom stereocenters. The number of halogens is 2. The molecule has 0 amide bonds. The molecule has 0 bridgehead atoms. The minimum Gasteiger partial charge on any atom is -0.449 e. The lowest BCUT2D eigenvalue weighted by Gasteiger charge is -2.08. The normalized spacial score (nSPS) is 10.1. The molecule has 2 rings (SSSR count). The van der Waals surface area contributed by atoms with E-state index in [1.807, 2.05) is 0 Å². The molecule has 5 nitrogen and oxygen atoms in total. The van der Waals surface area contributed by atoms with Gasteiger partial charge in [0, 0.05) is 17.7 Å². The lowest BCUT2D eigenvalue weighted by molar-refractivity contribution is -0.385. The van der Waals surface area contributed by atoms with Crippen molar-refractivity contribution in [1.82, 2.24) is 0 Å².